The van der Waals surface area contributed by atoms with Crippen molar-refractivity contribution in [2.75, 3.05) is 18.4 Å². The number of aromatic nitrogens is 1. The van der Waals surface area contributed by atoms with E-state index < -0.39 is 24.1 Å². The Bertz CT molecular complexity index is 1460. The number of nitrogens with one attached hydrogen (secondary N) is 1. The molecule has 1 N–H and O–H groups in total. The summed E-state index contributed by atoms with van der Waals surface area (Å²) in [5, 5.41) is 4.20. The van der Waals surface area contributed by atoms with Gasteiger partial charge in [0.15, 0.2) is 5.75 Å². The second-order valence-corrected chi connectivity index (χ2v) is 9.31. The van der Waals surface area contributed by atoms with Gasteiger partial charge in [-0.15, -0.1) is 0 Å². The van der Waals surface area contributed by atoms with E-state index >= 15 is 0 Å². The molecule has 4 rings (SSSR count). The summed E-state index contributed by atoms with van der Waals surface area (Å²) in [6.45, 7) is 6.47. The topological polar surface area (TPSA) is 89.9 Å². The third kappa shape index (κ3) is 6.59. The number of carbonyl (C=O) groups excluding carboxylic acids is 3. The Morgan fingerprint density at radius 2 is 1.64 bits per heavy atom. The first-order valence-corrected chi connectivity index (χ1v) is 13.0. The summed E-state index contributed by atoms with van der Waals surface area (Å²) in [6.07, 6.45) is 0.169. The lowest BCUT2D eigenvalue weighted by Gasteiger charge is -2.21. The maximum absolute atomic E-state index is 13.5. The van der Waals surface area contributed by atoms with Gasteiger partial charge in [0, 0.05) is 48.7 Å². The molecule has 0 aliphatic carbocycles. The van der Waals surface area contributed by atoms with E-state index in [1.807, 2.05) is 61.0 Å². The average molecular weight is 548 g/mol. The second-order valence-electron chi connectivity index (χ2n) is 8.87. The lowest BCUT2D eigenvalue weighted by molar-refractivity contribution is -0.152. The molecule has 0 spiro atoms. The Kier molecular flexibility index (Phi) is 8.88. The predicted octanol–water partition coefficient (Wildman–Crippen LogP) is 6.43. The number of esters is 1. The van der Waals surface area contributed by atoms with E-state index in [1.54, 1.807) is 36.4 Å². The van der Waals surface area contributed by atoms with E-state index in [-0.39, 0.29) is 5.75 Å². The van der Waals surface area contributed by atoms with Gasteiger partial charge in [-0.2, -0.15) is 0 Å². The molecule has 4 aromatic rings. The van der Waals surface area contributed by atoms with Crippen molar-refractivity contribution in [3.05, 3.63) is 95.1 Å². The molecule has 0 bridgehead atoms. The fourth-order valence-electron chi connectivity index (χ4n) is 4.29. The van der Waals surface area contributed by atoms with Crippen LogP contribution in [0.3, 0.4) is 0 Å². The maximum Gasteiger partial charge on any atom is 0.415 e. The van der Waals surface area contributed by atoms with Gasteiger partial charge in [-0.25, -0.2) is 4.79 Å². The van der Waals surface area contributed by atoms with E-state index in [9.17, 15) is 14.4 Å². The van der Waals surface area contributed by atoms with Crippen molar-refractivity contribution in [1.82, 2.24) is 9.47 Å². The van der Waals surface area contributed by atoms with Gasteiger partial charge in [0.2, 0.25) is 6.10 Å². The zero-order valence-electron chi connectivity index (χ0n) is 22.0. The van der Waals surface area contributed by atoms with E-state index in [4.69, 9.17) is 21.1 Å². The summed E-state index contributed by atoms with van der Waals surface area (Å²) in [7, 11) is 0. The number of fused-ring (bicyclic) bond motifs is 1. The van der Waals surface area contributed by atoms with Crippen LogP contribution in [-0.2, 0) is 20.9 Å². The van der Waals surface area contributed by atoms with E-state index in [0.717, 1.165) is 11.1 Å². The molecule has 1 heterocycles. The Hall–Kier alpha value is -4.30. The Balaban J connectivity index is 1.74. The maximum atomic E-state index is 13.5. The first-order valence-electron chi connectivity index (χ1n) is 12.7. The van der Waals surface area contributed by atoms with E-state index in [1.165, 1.54) is 11.8 Å². The molecule has 3 aromatic carbocycles. The zero-order chi connectivity index (χ0) is 27.9. The minimum Gasteiger partial charge on any atom is -0.447 e. The number of rotatable bonds is 9. The highest BCUT2D eigenvalue weighted by atomic mass is 35.5. The standard InChI is InChI=1S/C30H30ClN3O5/c1-4-33(5-2)30(37)39-26-16-15-25-24(17-18-34(25)19-21-11-13-23(31)14-12-21)27(26)32-29(36)28(38-20(3)35)22-9-7-6-8-10-22/h6-18,28H,4-5,19H2,1-3H3,(H,32,36). The number of hydrogen-bond donors (Lipinski definition) is 1. The van der Waals surface area contributed by atoms with Crippen molar-refractivity contribution < 1.29 is 23.9 Å². The number of carbonyl (C=O) groups is 3. The van der Waals surface area contributed by atoms with Crippen molar-refractivity contribution in [1.29, 1.82) is 0 Å². The van der Waals surface area contributed by atoms with Crippen LogP contribution in [-0.4, -0.2) is 40.5 Å². The third-order valence-electron chi connectivity index (χ3n) is 6.27. The smallest absolute Gasteiger partial charge is 0.415 e. The molecule has 0 saturated carbocycles. The summed E-state index contributed by atoms with van der Waals surface area (Å²) in [6, 6.07) is 21.6. The van der Waals surface area contributed by atoms with Gasteiger partial charge < -0.3 is 24.3 Å². The van der Waals surface area contributed by atoms with Crippen molar-refractivity contribution in [2.45, 2.75) is 33.4 Å². The number of nitrogens with zero attached hydrogens (tertiary/aromatic N) is 2. The highest BCUT2D eigenvalue weighted by molar-refractivity contribution is 6.30. The number of anilines is 1. The molecule has 9 heteroatoms. The van der Waals surface area contributed by atoms with Crippen LogP contribution in [0.15, 0.2) is 79.0 Å². The first-order chi connectivity index (χ1) is 18.8. The van der Waals surface area contributed by atoms with Crippen molar-refractivity contribution in [3.63, 3.8) is 0 Å². The first kappa shape index (κ1) is 27.7. The van der Waals surface area contributed by atoms with Gasteiger partial charge in [-0.3, -0.25) is 9.59 Å². The van der Waals surface area contributed by atoms with Crippen molar-refractivity contribution >= 4 is 46.2 Å². The Morgan fingerprint density at radius 3 is 2.28 bits per heavy atom. The summed E-state index contributed by atoms with van der Waals surface area (Å²) in [4.78, 5) is 39.8. The molecular formula is C30H30ClN3O5. The fourth-order valence-corrected chi connectivity index (χ4v) is 4.41. The molecule has 1 unspecified atom stereocenters. The van der Waals surface area contributed by atoms with Crippen LogP contribution < -0.4 is 10.1 Å². The monoisotopic (exact) mass is 547 g/mol. The molecular weight excluding hydrogens is 518 g/mol. The average Bonchev–Trinajstić information content (AvgIpc) is 3.33. The van der Waals surface area contributed by atoms with Crippen molar-refractivity contribution in [3.8, 4) is 5.75 Å². The van der Waals surface area contributed by atoms with Crippen molar-refractivity contribution in [2.24, 2.45) is 0 Å². The number of ether oxygens (including phenoxy) is 2. The molecule has 0 fully saturated rings. The molecule has 0 radical (unpaired) electrons. The summed E-state index contributed by atoms with van der Waals surface area (Å²) in [5.41, 5.74) is 2.67. The quantitative estimate of drug-likeness (QED) is 0.244. The number of hydrogen-bond acceptors (Lipinski definition) is 5. The molecule has 1 aromatic heterocycles. The molecule has 0 aliphatic heterocycles. The molecule has 8 nitrogen and oxygen atoms in total. The minimum absolute atomic E-state index is 0.187. The Labute approximate surface area is 232 Å². The Morgan fingerprint density at radius 1 is 0.949 bits per heavy atom. The molecule has 1 atom stereocenters. The number of halogens is 1. The SMILES string of the molecule is CCN(CC)C(=O)Oc1ccc2c(ccn2Cc2ccc(Cl)cc2)c1NC(=O)C(OC(C)=O)c1ccccc1. The lowest BCUT2D eigenvalue weighted by Crippen LogP contribution is -2.33. The molecule has 2 amide bonds. The lowest BCUT2D eigenvalue weighted by atomic mass is 10.1. The van der Waals surface area contributed by atoms with Gasteiger partial charge in [0.05, 0.1) is 11.2 Å². The van der Waals surface area contributed by atoms with Gasteiger partial charge in [-0.05, 0) is 49.7 Å². The summed E-state index contributed by atoms with van der Waals surface area (Å²) < 4.78 is 13.2. The van der Waals surface area contributed by atoms with E-state index in [0.29, 0.717) is 41.3 Å². The fraction of sp³-hybridized carbons (Fsp3) is 0.233. The number of benzene rings is 3. The normalized spacial score (nSPS) is 11.6. The predicted molar refractivity (Wildman–Crippen MR) is 151 cm³/mol. The van der Waals surface area contributed by atoms with Crippen LogP contribution in [0.25, 0.3) is 10.9 Å². The molecule has 202 valence electrons. The van der Waals surface area contributed by atoms with Gasteiger partial charge in [-0.1, -0.05) is 54.1 Å². The molecule has 0 aliphatic rings. The largest absolute Gasteiger partial charge is 0.447 e. The van der Waals surface area contributed by atoms with Crippen LogP contribution in [0.2, 0.25) is 5.02 Å². The highest BCUT2D eigenvalue weighted by Gasteiger charge is 2.27. The van der Waals surface area contributed by atoms with Gasteiger partial charge >= 0.3 is 12.1 Å². The van der Waals surface area contributed by atoms with Crippen LogP contribution in [0.1, 0.15) is 38.0 Å². The van der Waals surface area contributed by atoms with Crippen LogP contribution in [0, 0.1) is 0 Å². The highest BCUT2D eigenvalue weighted by Crippen LogP contribution is 2.36. The van der Waals surface area contributed by atoms with Gasteiger partial charge in [0.1, 0.15) is 0 Å². The molecule has 0 saturated heterocycles. The third-order valence-corrected chi connectivity index (χ3v) is 6.52. The number of amides is 2. The zero-order valence-corrected chi connectivity index (χ0v) is 22.8. The minimum atomic E-state index is -1.19. The summed E-state index contributed by atoms with van der Waals surface area (Å²) in [5.74, 6) is -0.986. The van der Waals surface area contributed by atoms with Gasteiger partial charge in [0.25, 0.3) is 5.91 Å². The van der Waals surface area contributed by atoms with Crippen LogP contribution in [0.5, 0.6) is 5.75 Å². The molecule has 39 heavy (non-hydrogen) atoms. The van der Waals surface area contributed by atoms with E-state index in [2.05, 4.69) is 5.32 Å². The van der Waals surface area contributed by atoms with Crippen LogP contribution in [0.4, 0.5) is 10.5 Å². The second kappa shape index (κ2) is 12.5. The summed E-state index contributed by atoms with van der Waals surface area (Å²) >= 11 is 6.04. The van der Waals surface area contributed by atoms with Crippen LogP contribution >= 0.6 is 11.6 Å².